The van der Waals surface area contributed by atoms with E-state index in [1.165, 1.54) is 6.07 Å². The topological polar surface area (TPSA) is 184 Å². The highest BCUT2D eigenvalue weighted by Gasteiger charge is 2.42. The van der Waals surface area contributed by atoms with E-state index in [4.69, 9.17) is 5.73 Å². The molecule has 47 heavy (non-hydrogen) atoms. The van der Waals surface area contributed by atoms with Crippen LogP contribution < -0.4 is 21.1 Å². The van der Waals surface area contributed by atoms with Gasteiger partial charge >= 0.3 is 10.2 Å². The van der Waals surface area contributed by atoms with Gasteiger partial charge in [0.1, 0.15) is 17.5 Å². The predicted molar refractivity (Wildman–Crippen MR) is 180 cm³/mol. The van der Waals surface area contributed by atoms with Crippen LogP contribution in [0.25, 0.3) is 10.9 Å². The zero-order valence-corrected chi connectivity index (χ0v) is 27.1. The minimum Gasteiger partial charge on any atom is -0.374 e. The maximum atomic E-state index is 13.8. The van der Waals surface area contributed by atoms with Crippen LogP contribution in [0, 0.1) is 5.92 Å². The summed E-state index contributed by atoms with van der Waals surface area (Å²) in [6.07, 6.45) is -0.731. The van der Waals surface area contributed by atoms with E-state index in [0.717, 1.165) is 9.69 Å². The van der Waals surface area contributed by atoms with Gasteiger partial charge in [-0.15, -0.1) is 0 Å². The van der Waals surface area contributed by atoms with Gasteiger partial charge in [0.25, 0.3) is 5.91 Å². The maximum absolute atomic E-state index is 13.8. The third-order valence-corrected chi connectivity index (χ3v) is 8.92. The lowest BCUT2D eigenvalue weighted by Crippen LogP contribution is -2.57. The van der Waals surface area contributed by atoms with E-state index < -0.39 is 46.1 Å². The Morgan fingerprint density at radius 3 is 2.21 bits per heavy atom. The number of benzene rings is 3. The van der Waals surface area contributed by atoms with Crippen molar-refractivity contribution >= 4 is 44.5 Å². The number of pyridine rings is 1. The number of rotatable bonds is 16. The minimum atomic E-state index is -4.28. The Morgan fingerprint density at radius 1 is 0.915 bits per heavy atom. The first-order valence-electron chi connectivity index (χ1n) is 15.2. The molecule has 6 N–H and O–H groups in total. The number of amides is 3. The van der Waals surface area contributed by atoms with Gasteiger partial charge in [0.15, 0.2) is 0 Å². The highest BCUT2D eigenvalue weighted by atomic mass is 32.2. The zero-order valence-electron chi connectivity index (χ0n) is 26.3. The molecule has 0 radical (unpaired) electrons. The summed E-state index contributed by atoms with van der Waals surface area (Å²) >= 11 is 0. The molecule has 1 unspecified atom stereocenters. The van der Waals surface area contributed by atoms with Crippen LogP contribution >= 0.6 is 0 Å². The molecule has 0 saturated heterocycles. The monoisotopic (exact) mass is 660 g/mol. The second-order valence-corrected chi connectivity index (χ2v) is 13.3. The number of nitrogens with zero attached hydrogens (tertiary/aromatic N) is 2. The molecule has 3 aromatic carbocycles. The van der Waals surface area contributed by atoms with E-state index >= 15 is 0 Å². The maximum Gasteiger partial charge on any atom is 0.304 e. The molecule has 1 heterocycles. The fraction of sp³-hybridized carbons (Fsp3) is 0.294. The molecule has 0 bridgehead atoms. The Kier molecular flexibility index (Phi) is 11.6. The van der Waals surface area contributed by atoms with Crippen molar-refractivity contribution in [1.82, 2.24) is 19.9 Å². The molecule has 0 aliphatic carbocycles. The molecule has 4 aromatic rings. The molecular formula is C34H40N6O6S. The molecule has 13 heteroatoms. The molecule has 0 aliphatic rings. The molecule has 4 rings (SSSR count). The van der Waals surface area contributed by atoms with Gasteiger partial charge in [-0.2, -0.15) is 12.7 Å². The van der Waals surface area contributed by atoms with Crippen LogP contribution in [0.4, 0.5) is 5.69 Å². The Bertz CT molecular complexity index is 1790. The number of carbonyl (C=O) groups excluding carboxylic acids is 3. The van der Waals surface area contributed by atoms with Gasteiger partial charge in [-0.3, -0.25) is 19.1 Å². The van der Waals surface area contributed by atoms with Gasteiger partial charge < -0.3 is 21.5 Å². The van der Waals surface area contributed by atoms with Gasteiger partial charge in [0.05, 0.1) is 11.9 Å². The summed E-state index contributed by atoms with van der Waals surface area (Å²) in [5.74, 6) is -2.39. The predicted octanol–water partition coefficient (Wildman–Crippen LogP) is 2.96. The summed E-state index contributed by atoms with van der Waals surface area (Å²) in [4.78, 5) is 42.3. The highest BCUT2D eigenvalue weighted by Crippen LogP contribution is 2.28. The fourth-order valence-electron chi connectivity index (χ4n) is 5.06. The lowest BCUT2D eigenvalue weighted by Gasteiger charge is -2.40. The molecule has 1 aromatic heterocycles. The van der Waals surface area contributed by atoms with Crippen molar-refractivity contribution in [2.24, 2.45) is 11.7 Å². The van der Waals surface area contributed by atoms with Crippen molar-refractivity contribution in [1.29, 1.82) is 0 Å². The first kappa shape index (κ1) is 35.0. The Hall–Kier alpha value is -4.85. The lowest BCUT2D eigenvalue weighted by atomic mass is 9.98. The van der Waals surface area contributed by atoms with Crippen LogP contribution in [-0.2, 0) is 26.2 Å². The highest BCUT2D eigenvalue weighted by molar-refractivity contribution is 7.90. The number of primary amides is 1. The van der Waals surface area contributed by atoms with Gasteiger partial charge in [-0.1, -0.05) is 86.6 Å². The fourth-order valence-corrected chi connectivity index (χ4v) is 6.71. The summed E-state index contributed by atoms with van der Waals surface area (Å²) in [7, 11) is -4.28. The van der Waals surface area contributed by atoms with Crippen molar-refractivity contribution in [3.05, 3.63) is 108 Å². The summed E-state index contributed by atoms with van der Waals surface area (Å²) in [6, 6.07) is 26.4. The summed E-state index contributed by atoms with van der Waals surface area (Å²) < 4.78 is 31.1. The van der Waals surface area contributed by atoms with Crippen molar-refractivity contribution < 1.29 is 27.9 Å². The Labute approximate surface area is 274 Å². The zero-order chi connectivity index (χ0) is 34.0. The standard InChI is InChI=1S/C34H40N6O6S/c1-24(2)23-40(47(45,46)39-27-14-7-4-8-15-27)34(44,22-25-11-5-3-6-12-25)19-20-36-31(41)21-30(32(35)42)38-33(43)29-18-17-26-13-9-10-16-28(26)37-29/h3-18,24,30,39,44H,19-23H2,1-2H3,(H2,35,42)(H,36,41)(H,38,43)/t30-,34?/m0/s1. The molecule has 2 atom stereocenters. The smallest absolute Gasteiger partial charge is 0.304 e. The normalized spacial score (nSPS) is 13.6. The van der Waals surface area contributed by atoms with Crippen LogP contribution in [0.5, 0.6) is 0 Å². The summed E-state index contributed by atoms with van der Waals surface area (Å²) in [6.45, 7) is 3.50. The van der Waals surface area contributed by atoms with Crippen molar-refractivity contribution in [2.75, 3.05) is 17.8 Å². The SMILES string of the molecule is CC(C)CN(C(O)(CCNC(=O)C[C@H](NC(=O)c1ccc2ccccc2n1)C(N)=O)Cc1ccccc1)S(=O)(=O)Nc1ccccc1. The molecule has 3 amide bonds. The van der Waals surface area contributed by atoms with E-state index in [-0.39, 0.29) is 37.5 Å². The number of anilines is 1. The third kappa shape index (κ3) is 9.82. The van der Waals surface area contributed by atoms with Crippen LogP contribution in [-0.4, -0.2) is 65.4 Å². The molecule has 0 spiro atoms. The van der Waals surface area contributed by atoms with E-state index in [1.807, 2.05) is 32.0 Å². The number of aliphatic hydroxyl groups is 1. The number of aromatic nitrogens is 1. The second kappa shape index (κ2) is 15.6. The number of hydrogen-bond donors (Lipinski definition) is 5. The molecular weight excluding hydrogens is 620 g/mol. The first-order valence-corrected chi connectivity index (χ1v) is 16.6. The van der Waals surface area contributed by atoms with Gasteiger partial charge in [-0.05, 0) is 35.7 Å². The van der Waals surface area contributed by atoms with Gasteiger partial charge in [-0.25, -0.2) is 4.98 Å². The molecule has 12 nitrogen and oxygen atoms in total. The Balaban J connectivity index is 1.48. The van der Waals surface area contributed by atoms with Crippen LogP contribution in [0.3, 0.4) is 0 Å². The van der Waals surface area contributed by atoms with Crippen molar-refractivity contribution in [2.45, 2.75) is 44.9 Å². The summed E-state index contributed by atoms with van der Waals surface area (Å²) in [5, 5.41) is 18.0. The number of nitrogens with two attached hydrogens (primary N) is 1. The van der Waals surface area contributed by atoms with E-state index in [0.29, 0.717) is 16.8 Å². The van der Waals surface area contributed by atoms with E-state index in [2.05, 4.69) is 20.3 Å². The average molecular weight is 661 g/mol. The number of hydrogen-bond acceptors (Lipinski definition) is 7. The lowest BCUT2D eigenvalue weighted by molar-refractivity contribution is -0.127. The summed E-state index contributed by atoms with van der Waals surface area (Å²) in [5.41, 5.74) is 5.20. The first-order chi connectivity index (χ1) is 22.4. The molecule has 0 fully saturated rings. The molecule has 0 aliphatic heterocycles. The molecule has 248 valence electrons. The largest absolute Gasteiger partial charge is 0.374 e. The number of para-hydroxylation sites is 2. The number of fused-ring (bicyclic) bond motifs is 1. The van der Waals surface area contributed by atoms with E-state index in [9.17, 15) is 27.9 Å². The average Bonchev–Trinajstić information content (AvgIpc) is 3.03. The van der Waals surface area contributed by atoms with Crippen molar-refractivity contribution in [3.63, 3.8) is 0 Å². The van der Waals surface area contributed by atoms with Gasteiger partial charge in [0, 0.05) is 37.0 Å². The minimum absolute atomic E-state index is 0.0158. The number of carbonyl (C=O) groups is 3. The van der Waals surface area contributed by atoms with Crippen LogP contribution in [0.15, 0.2) is 97.1 Å². The van der Waals surface area contributed by atoms with E-state index in [1.54, 1.807) is 72.8 Å². The molecule has 0 saturated carbocycles. The van der Waals surface area contributed by atoms with Gasteiger partial charge in [0.2, 0.25) is 11.8 Å². The van der Waals surface area contributed by atoms with Crippen LogP contribution in [0.2, 0.25) is 0 Å². The Morgan fingerprint density at radius 2 is 1.55 bits per heavy atom. The van der Waals surface area contributed by atoms with Crippen LogP contribution in [0.1, 0.15) is 42.7 Å². The van der Waals surface area contributed by atoms with Crippen molar-refractivity contribution in [3.8, 4) is 0 Å². The quantitative estimate of drug-likeness (QED) is 0.114. The number of nitrogens with one attached hydrogen (secondary N) is 3. The third-order valence-electron chi connectivity index (χ3n) is 7.35. The second-order valence-electron chi connectivity index (χ2n) is 11.7.